The normalized spacial score (nSPS) is 14.7. The molecule has 5 nitrogen and oxygen atoms in total. The van der Waals surface area contributed by atoms with Crippen LogP contribution in [0.15, 0.2) is 39.5 Å². The van der Waals surface area contributed by atoms with Crippen molar-refractivity contribution in [2.45, 2.75) is 25.7 Å². The summed E-state index contributed by atoms with van der Waals surface area (Å²) in [7, 11) is 0. The maximum Gasteiger partial charge on any atom is 0.252 e. The topological polar surface area (TPSA) is 71.8 Å². The van der Waals surface area contributed by atoms with Gasteiger partial charge in [0.2, 0.25) is 11.8 Å². The van der Waals surface area contributed by atoms with Crippen molar-refractivity contribution in [1.82, 2.24) is 15.2 Å². The first kappa shape index (κ1) is 12.3. The number of benzene rings is 1. The minimum atomic E-state index is -0.101. The van der Waals surface area contributed by atoms with Crippen LogP contribution >= 0.6 is 0 Å². The van der Waals surface area contributed by atoms with E-state index in [4.69, 9.17) is 4.42 Å². The Morgan fingerprint density at radius 2 is 2.00 bits per heavy atom. The van der Waals surface area contributed by atoms with Gasteiger partial charge in [0.25, 0.3) is 5.56 Å². The van der Waals surface area contributed by atoms with Crippen LogP contribution in [0.5, 0.6) is 0 Å². The number of para-hydroxylation sites is 1. The average molecular weight is 281 g/mol. The van der Waals surface area contributed by atoms with Gasteiger partial charge in [-0.25, -0.2) is 0 Å². The van der Waals surface area contributed by atoms with Gasteiger partial charge in [-0.2, -0.15) is 0 Å². The lowest BCUT2D eigenvalue weighted by Crippen LogP contribution is -2.12. The van der Waals surface area contributed by atoms with Crippen molar-refractivity contribution in [2.24, 2.45) is 5.92 Å². The van der Waals surface area contributed by atoms with Gasteiger partial charge in [0.15, 0.2) is 0 Å². The summed E-state index contributed by atoms with van der Waals surface area (Å²) in [5, 5.41) is 9.10. The summed E-state index contributed by atoms with van der Waals surface area (Å²) >= 11 is 0. The van der Waals surface area contributed by atoms with Crippen LogP contribution in [0.25, 0.3) is 10.9 Å². The number of nitrogens with one attached hydrogen (secondary N) is 1. The van der Waals surface area contributed by atoms with Crippen LogP contribution in [0.4, 0.5) is 0 Å². The molecule has 1 fully saturated rings. The molecule has 0 atom stereocenters. The molecule has 0 radical (unpaired) electrons. The third-order valence-electron chi connectivity index (χ3n) is 3.84. The summed E-state index contributed by atoms with van der Waals surface area (Å²) in [5.41, 5.74) is 1.39. The van der Waals surface area contributed by atoms with Gasteiger partial charge in [0.05, 0.1) is 6.42 Å². The van der Waals surface area contributed by atoms with E-state index < -0.39 is 0 Å². The molecule has 0 unspecified atom stereocenters. The molecule has 1 aromatic carbocycles. The zero-order valence-electron chi connectivity index (χ0n) is 11.5. The summed E-state index contributed by atoms with van der Waals surface area (Å²) in [4.78, 5) is 15.0. The monoisotopic (exact) mass is 281 g/mol. The van der Waals surface area contributed by atoms with Gasteiger partial charge in [-0.3, -0.25) is 4.79 Å². The molecule has 1 aliphatic carbocycles. The summed E-state index contributed by atoms with van der Waals surface area (Å²) in [5.74, 6) is 1.90. The predicted octanol–water partition coefficient (Wildman–Crippen LogP) is 2.45. The highest BCUT2D eigenvalue weighted by Crippen LogP contribution is 2.32. The highest BCUT2D eigenvalue weighted by atomic mass is 16.4. The van der Waals surface area contributed by atoms with Crippen LogP contribution in [0, 0.1) is 5.92 Å². The fourth-order valence-electron chi connectivity index (χ4n) is 2.50. The van der Waals surface area contributed by atoms with Crippen molar-refractivity contribution < 1.29 is 4.42 Å². The van der Waals surface area contributed by atoms with Gasteiger partial charge in [-0.15, -0.1) is 10.2 Å². The lowest BCUT2D eigenvalue weighted by Gasteiger charge is -2.00. The van der Waals surface area contributed by atoms with Crippen molar-refractivity contribution in [1.29, 1.82) is 0 Å². The van der Waals surface area contributed by atoms with E-state index in [0.717, 1.165) is 17.3 Å². The van der Waals surface area contributed by atoms with Crippen LogP contribution in [0.1, 0.15) is 30.2 Å². The van der Waals surface area contributed by atoms with E-state index in [1.165, 1.54) is 12.8 Å². The Hall–Kier alpha value is -2.43. The quantitative estimate of drug-likeness (QED) is 0.797. The highest BCUT2D eigenvalue weighted by Gasteiger charge is 2.24. The first-order chi connectivity index (χ1) is 10.3. The first-order valence-electron chi connectivity index (χ1n) is 7.20. The summed E-state index contributed by atoms with van der Waals surface area (Å²) < 4.78 is 5.63. The fraction of sp³-hybridized carbons (Fsp3) is 0.312. The SMILES string of the molecule is O=c1[nH]c2ccccc2cc1Cc1nnc(CC2CC2)o1. The largest absolute Gasteiger partial charge is 0.425 e. The average Bonchev–Trinajstić information content (AvgIpc) is 3.18. The second kappa shape index (κ2) is 4.84. The number of pyridine rings is 1. The highest BCUT2D eigenvalue weighted by molar-refractivity contribution is 5.78. The van der Waals surface area contributed by atoms with Gasteiger partial charge in [-0.05, 0) is 36.3 Å². The zero-order valence-corrected chi connectivity index (χ0v) is 11.5. The van der Waals surface area contributed by atoms with E-state index in [9.17, 15) is 4.79 Å². The van der Waals surface area contributed by atoms with Crippen molar-refractivity contribution in [3.63, 3.8) is 0 Å². The molecule has 0 saturated heterocycles. The number of aromatic amines is 1. The van der Waals surface area contributed by atoms with Crippen LogP contribution in [-0.2, 0) is 12.8 Å². The van der Waals surface area contributed by atoms with Gasteiger partial charge in [0.1, 0.15) is 0 Å². The molecule has 106 valence electrons. The van der Waals surface area contributed by atoms with Gasteiger partial charge < -0.3 is 9.40 Å². The van der Waals surface area contributed by atoms with E-state index in [-0.39, 0.29) is 5.56 Å². The lowest BCUT2D eigenvalue weighted by molar-refractivity contribution is 0.448. The molecule has 1 aliphatic rings. The van der Waals surface area contributed by atoms with Crippen LogP contribution in [-0.4, -0.2) is 15.2 Å². The van der Waals surface area contributed by atoms with Crippen molar-refractivity contribution in [2.75, 3.05) is 0 Å². The van der Waals surface area contributed by atoms with Crippen LogP contribution in [0.3, 0.4) is 0 Å². The van der Waals surface area contributed by atoms with Crippen molar-refractivity contribution in [3.05, 3.63) is 58.0 Å². The number of hydrogen-bond donors (Lipinski definition) is 1. The second-order valence-electron chi connectivity index (χ2n) is 5.62. The number of nitrogens with zero attached hydrogens (tertiary/aromatic N) is 2. The van der Waals surface area contributed by atoms with Crippen LogP contribution < -0.4 is 5.56 Å². The molecule has 0 spiro atoms. The molecule has 3 aromatic rings. The Bertz CT molecular complexity index is 846. The van der Waals surface area contributed by atoms with E-state index in [0.29, 0.717) is 29.7 Å². The number of fused-ring (bicyclic) bond motifs is 1. The Labute approximate surface area is 121 Å². The number of hydrogen-bond acceptors (Lipinski definition) is 4. The fourth-order valence-corrected chi connectivity index (χ4v) is 2.50. The molecule has 1 saturated carbocycles. The lowest BCUT2D eigenvalue weighted by atomic mass is 10.1. The molecule has 21 heavy (non-hydrogen) atoms. The molecule has 0 aliphatic heterocycles. The minimum Gasteiger partial charge on any atom is -0.425 e. The summed E-state index contributed by atoms with van der Waals surface area (Å²) in [6.07, 6.45) is 3.74. The van der Waals surface area contributed by atoms with Gasteiger partial charge in [-0.1, -0.05) is 18.2 Å². The zero-order chi connectivity index (χ0) is 14.2. The van der Waals surface area contributed by atoms with Crippen molar-refractivity contribution >= 4 is 10.9 Å². The van der Waals surface area contributed by atoms with Gasteiger partial charge >= 0.3 is 0 Å². The summed E-state index contributed by atoms with van der Waals surface area (Å²) in [6, 6.07) is 9.60. The Balaban J connectivity index is 1.62. The molecular formula is C16H15N3O2. The molecule has 0 amide bonds. The van der Waals surface area contributed by atoms with E-state index in [1.807, 2.05) is 30.3 Å². The number of rotatable bonds is 4. The Morgan fingerprint density at radius 1 is 1.19 bits per heavy atom. The van der Waals surface area contributed by atoms with E-state index >= 15 is 0 Å². The van der Waals surface area contributed by atoms with Crippen molar-refractivity contribution in [3.8, 4) is 0 Å². The Morgan fingerprint density at radius 3 is 2.86 bits per heavy atom. The standard InChI is InChI=1S/C16H15N3O2/c20-16-12(8-11-3-1-2-4-13(11)17-16)9-15-19-18-14(21-15)7-10-5-6-10/h1-4,8,10H,5-7,9H2,(H,17,20). The maximum absolute atomic E-state index is 12.1. The molecule has 4 rings (SSSR count). The smallest absolute Gasteiger partial charge is 0.252 e. The Kier molecular flexibility index (Phi) is 2.84. The third-order valence-corrected chi connectivity index (χ3v) is 3.84. The van der Waals surface area contributed by atoms with E-state index in [2.05, 4.69) is 15.2 Å². The molecule has 0 bridgehead atoms. The number of H-pyrrole nitrogens is 1. The first-order valence-corrected chi connectivity index (χ1v) is 7.20. The number of aromatic nitrogens is 3. The molecular weight excluding hydrogens is 266 g/mol. The second-order valence-corrected chi connectivity index (χ2v) is 5.62. The summed E-state index contributed by atoms with van der Waals surface area (Å²) in [6.45, 7) is 0. The third kappa shape index (κ3) is 2.59. The molecule has 2 aromatic heterocycles. The molecule has 2 heterocycles. The molecule has 5 heteroatoms. The minimum absolute atomic E-state index is 0.101. The molecule has 1 N–H and O–H groups in total. The van der Waals surface area contributed by atoms with Crippen LogP contribution in [0.2, 0.25) is 0 Å². The predicted molar refractivity (Wildman–Crippen MR) is 78.1 cm³/mol. The maximum atomic E-state index is 12.1. The van der Waals surface area contributed by atoms with E-state index in [1.54, 1.807) is 0 Å². The van der Waals surface area contributed by atoms with Gasteiger partial charge in [0, 0.05) is 17.5 Å².